The molecule has 0 aliphatic carbocycles. The summed E-state index contributed by atoms with van der Waals surface area (Å²) in [6.45, 7) is 0. The molecule has 5 rings (SSSR count). The van der Waals surface area contributed by atoms with Gasteiger partial charge < -0.3 is 9.52 Å². The van der Waals surface area contributed by atoms with E-state index in [9.17, 15) is 14.7 Å². The Morgan fingerprint density at radius 3 is 2.61 bits per heavy atom. The number of aromatic hydroxyl groups is 1. The molecule has 0 unspecified atom stereocenters. The standard InChI is InChI=1S/C23H13NO4/c25-18-10-15(21(26)14-5-3-9-24-12-14)11-19-20(18)22(27)17-8-7-13-4-1-2-6-16(13)23(17)28-19/h1-12,25H. The molecule has 0 saturated heterocycles. The molecule has 134 valence electrons. The molecule has 2 aromatic heterocycles. The fraction of sp³-hybridized carbons (Fsp3) is 0. The number of carbonyl (C=O) groups excluding carboxylic acids is 1. The van der Waals surface area contributed by atoms with E-state index >= 15 is 0 Å². The van der Waals surface area contributed by atoms with Gasteiger partial charge in [-0.3, -0.25) is 14.6 Å². The monoisotopic (exact) mass is 367 g/mol. The van der Waals surface area contributed by atoms with E-state index in [0.29, 0.717) is 16.5 Å². The van der Waals surface area contributed by atoms with Crippen LogP contribution >= 0.6 is 0 Å². The molecular formula is C23H13NO4. The molecule has 0 spiro atoms. The number of pyridine rings is 1. The van der Waals surface area contributed by atoms with Crippen LogP contribution in [0.5, 0.6) is 5.75 Å². The lowest BCUT2D eigenvalue weighted by atomic mass is 10.0. The van der Waals surface area contributed by atoms with Gasteiger partial charge in [-0.1, -0.05) is 30.3 Å². The molecule has 0 amide bonds. The van der Waals surface area contributed by atoms with Gasteiger partial charge in [-0.2, -0.15) is 0 Å². The van der Waals surface area contributed by atoms with Crippen molar-refractivity contribution < 1.29 is 14.3 Å². The summed E-state index contributed by atoms with van der Waals surface area (Å²) in [4.78, 5) is 29.7. The number of rotatable bonds is 2. The number of phenols is 1. The van der Waals surface area contributed by atoms with E-state index < -0.39 is 0 Å². The molecule has 2 heterocycles. The number of fused-ring (bicyclic) bond motifs is 4. The highest BCUT2D eigenvalue weighted by atomic mass is 16.3. The molecule has 0 radical (unpaired) electrons. The Kier molecular flexibility index (Phi) is 3.49. The largest absolute Gasteiger partial charge is 0.507 e. The Morgan fingerprint density at radius 1 is 0.929 bits per heavy atom. The minimum Gasteiger partial charge on any atom is -0.507 e. The Bertz CT molecular complexity index is 1450. The molecule has 5 heteroatoms. The highest BCUT2D eigenvalue weighted by molar-refractivity contribution is 6.12. The Balaban J connectivity index is 1.84. The first kappa shape index (κ1) is 16.2. The fourth-order valence-electron chi connectivity index (χ4n) is 3.48. The van der Waals surface area contributed by atoms with Gasteiger partial charge >= 0.3 is 0 Å². The van der Waals surface area contributed by atoms with Gasteiger partial charge in [0.25, 0.3) is 0 Å². The Labute approximate surface area is 158 Å². The lowest BCUT2D eigenvalue weighted by Gasteiger charge is -2.08. The zero-order valence-electron chi connectivity index (χ0n) is 14.5. The van der Waals surface area contributed by atoms with Gasteiger partial charge in [-0.25, -0.2) is 0 Å². The normalized spacial score (nSPS) is 11.3. The summed E-state index contributed by atoms with van der Waals surface area (Å²) in [5.41, 5.74) is 0.873. The predicted molar refractivity (Wildman–Crippen MR) is 107 cm³/mol. The summed E-state index contributed by atoms with van der Waals surface area (Å²) >= 11 is 0. The third-order valence-electron chi connectivity index (χ3n) is 4.83. The van der Waals surface area contributed by atoms with Crippen LogP contribution in [0.25, 0.3) is 32.7 Å². The van der Waals surface area contributed by atoms with E-state index in [1.54, 1.807) is 24.4 Å². The van der Waals surface area contributed by atoms with Crippen LogP contribution < -0.4 is 5.43 Å². The first-order valence-corrected chi connectivity index (χ1v) is 8.69. The van der Waals surface area contributed by atoms with Crippen LogP contribution in [0.15, 0.2) is 82.3 Å². The number of aromatic nitrogens is 1. The van der Waals surface area contributed by atoms with Crippen LogP contribution in [0.1, 0.15) is 15.9 Å². The van der Waals surface area contributed by atoms with E-state index in [1.165, 1.54) is 18.3 Å². The van der Waals surface area contributed by atoms with E-state index in [2.05, 4.69) is 4.98 Å². The molecule has 5 nitrogen and oxygen atoms in total. The van der Waals surface area contributed by atoms with E-state index in [0.717, 1.165) is 10.8 Å². The predicted octanol–water partition coefficient (Wildman–Crippen LogP) is 4.43. The van der Waals surface area contributed by atoms with Crippen molar-refractivity contribution in [2.75, 3.05) is 0 Å². The average molecular weight is 367 g/mol. The van der Waals surface area contributed by atoms with Crippen LogP contribution in [-0.2, 0) is 0 Å². The van der Waals surface area contributed by atoms with Crippen molar-refractivity contribution in [1.29, 1.82) is 0 Å². The highest BCUT2D eigenvalue weighted by Crippen LogP contribution is 2.31. The third kappa shape index (κ3) is 2.37. The number of carbonyl (C=O) groups is 1. The van der Waals surface area contributed by atoms with Crippen LogP contribution in [0.4, 0.5) is 0 Å². The smallest absolute Gasteiger partial charge is 0.204 e. The Morgan fingerprint density at radius 2 is 1.79 bits per heavy atom. The molecular weight excluding hydrogens is 354 g/mol. The van der Waals surface area contributed by atoms with Gasteiger partial charge in [0.15, 0.2) is 5.78 Å². The van der Waals surface area contributed by atoms with E-state index in [4.69, 9.17) is 4.42 Å². The van der Waals surface area contributed by atoms with Crippen LogP contribution in [0.3, 0.4) is 0 Å². The first-order valence-electron chi connectivity index (χ1n) is 8.69. The molecule has 0 saturated carbocycles. The second kappa shape index (κ2) is 6.03. The molecule has 0 aliphatic rings. The summed E-state index contributed by atoms with van der Waals surface area (Å²) in [7, 11) is 0. The SMILES string of the molecule is O=C(c1cccnc1)c1cc(O)c2c(=O)c3ccc4ccccc4c3oc2c1. The number of hydrogen-bond donors (Lipinski definition) is 1. The summed E-state index contributed by atoms with van der Waals surface area (Å²) in [5.74, 6) is -0.598. The van der Waals surface area contributed by atoms with Crippen molar-refractivity contribution in [3.63, 3.8) is 0 Å². The van der Waals surface area contributed by atoms with Gasteiger partial charge in [0.2, 0.25) is 5.43 Å². The van der Waals surface area contributed by atoms with Crippen LogP contribution in [0.2, 0.25) is 0 Å². The summed E-state index contributed by atoms with van der Waals surface area (Å²) in [6, 6.07) is 17.2. The molecule has 28 heavy (non-hydrogen) atoms. The molecule has 3 aromatic carbocycles. The van der Waals surface area contributed by atoms with Crippen molar-refractivity contribution in [2.24, 2.45) is 0 Å². The zero-order valence-corrected chi connectivity index (χ0v) is 14.5. The van der Waals surface area contributed by atoms with Gasteiger partial charge in [0, 0.05) is 28.9 Å². The molecule has 5 aromatic rings. The van der Waals surface area contributed by atoms with E-state index in [1.807, 2.05) is 30.3 Å². The molecule has 0 fully saturated rings. The van der Waals surface area contributed by atoms with Gasteiger partial charge in [-0.05, 0) is 35.7 Å². The number of ketones is 1. The summed E-state index contributed by atoms with van der Waals surface area (Å²) in [6.07, 6.45) is 3.03. The Hall–Kier alpha value is -3.99. The van der Waals surface area contributed by atoms with Crippen LogP contribution in [-0.4, -0.2) is 15.9 Å². The lowest BCUT2D eigenvalue weighted by molar-refractivity contribution is 0.103. The van der Waals surface area contributed by atoms with Crippen LogP contribution in [0, 0.1) is 0 Å². The number of phenolic OH excluding ortho intramolecular Hbond substituents is 1. The van der Waals surface area contributed by atoms with Crippen molar-refractivity contribution in [2.45, 2.75) is 0 Å². The number of benzene rings is 3. The van der Waals surface area contributed by atoms with Crippen molar-refractivity contribution >= 4 is 38.5 Å². The molecule has 0 bridgehead atoms. The summed E-state index contributed by atoms with van der Waals surface area (Å²) in [5, 5.41) is 12.6. The molecule has 0 atom stereocenters. The first-order chi connectivity index (χ1) is 13.6. The van der Waals surface area contributed by atoms with Crippen molar-refractivity contribution in [1.82, 2.24) is 4.98 Å². The maximum absolute atomic E-state index is 13.0. The topological polar surface area (TPSA) is 80.4 Å². The fourth-order valence-corrected chi connectivity index (χ4v) is 3.48. The average Bonchev–Trinajstić information content (AvgIpc) is 2.73. The minimum atomic E-state index is -0.333. The third-order valence-corrected chi connectivity index (χ3v) is 4.83. The highest BCUT2D eigenvalue weighted by Gasteiger charge is 2.18. The van der Waals surface area contributed by atoms with E-state index in [-0.39, 0.29) is 33.5 Å². The molecule has 1 N–H and O–H groups in total. The van der Waals surface area contributed by atoms with Gasteiger partial charge in [-0.15, -0.1) is 0 Å². The van der Waals surface area contributed by atoms with Crippen molar-refractivity contribution in [3.05, 3.63) is 94.4 Å². The minimum absolute atomic E-state index is 0.0607. The molecule has 0 aliphatic heterocycles. The second-order valence-electron chi connectivity index (χ2n) is 6.53. The van der Waals surface area contributed by atoms with Crippen molar-refractivity contribution in [3.8, 4) is 5.75 Å². The lowest BCUT2D eigenvalue weighted by Crippen LogP contribution is -2.06. The quantitative estimate of drug-likeness (QED) is 0.284. The number of hydrogen-bond acceptors (Lipinski definition) is 5. The van der Waals surface area contributed by atoms with Gasteiger partial charge in [0.05, 0.1) is 5.39 Å². The maximum Gasteiger partial charge on any atom is 0.204 e. The zero-order chi connectivity index (χ0) is 19.3. The second-order valence-corrected chi connectivity index (χ2v) is 6.53. The summed E-state index contributed by atoms with van der Waals surface area (Å²) < 4.78 is 6.02. The van der Waals surface area contributed by atoms with Gasteiger partial charge in [0.1, 0.15) is 22.3 Å². The number of nitrogens with zero attached hydrogens (tertiary/aromatic N) is 1. The maximum atomic E-state index is 13.0.